The first-order valence-corrected chi connectivity index (χ1v) is 42.1. The minimum Gasteiger partial charge on any atom is -0.462 e. The Kier molecular flexibility index (Phi) is 69.9. The number of esters is 4. The lowest BCUT2D eigenvalue weighted by atomic mass is 10.0. The van der Waals surface area contributed by atoms with Crippen LogP contribution in [-0.2, 0) is 65.4 Å². The number of rotatable bonds is 73. The Morgan fingerprint density at radius 1 is 0.300 bits per heavy atom. The number of unbranched alkanes of at least 4 members (excludes halogenated alkanes) is 30. The summed E-state index contributed by atoms with van der Waals surface area (Å²) in [7, 11) is -9.98. The molecule has 19 heteroatoms. The van der Waals surface area contributed by atoms with E-state index in [-0.39, 0.29) is 25.7 Å². The molecule has 0 amide bonds. The molecule has 0 bridgehead atoms. The highest BCUT2D eigenvalue weighted by Gasteiger charge is 2.30. The van der Waals surface area contributed by atoms with E-state index in [1.165, 1.54) is 89.9 Å². The fourth-order valence-electron chi connectivity index (χ4n) is 10.4. The van der Waals surface area contributed by atoms with Gasteiger partial charge in [-0.3, -0.25) is 37.3 Å². The molecule has 100 heavy (non-hydrogen) atoms. The predicted molar refractivity (Wildman–Crippen MR) is 408 cm³/mol. The van der Waals surface area contributed by atoms with Crippen molar-refractivity contribution in [2.45, 2.75) is 341 Å². The van der Waals surface area contributed by atoms with Gasteiger partial charge in [-0.25, -0.2) is 9.13 Å². The third-order valence-electron chi connectivity index (χ3n) is 16.3. The zero-order valence-corrected chi connectivity index (χ0v) is 64.6. The Morgan fingerprint density at radius 3 is 0.910 bits per heavy atom. The first-order valence-electron chi connectivity index (χ1n) is 39.1. The highest BCUT2D eigenvalue weighted by Crippen LogP contribution is 2.45. The predicted octanol–water partition coefficient (Wildman–Crippen LogP) is 22.6. The van der Waals surface area contributed by atoms with Crippen LogP contribution in [0.1, 0.15) is 323 Å². The topological polar surface area (TPSA) is 237 Å². The van der Waals surface area contributed by atoms with Gasteiger partial charge in [-0.2, -0.15) is 0 Å². The van der Waals surface area contributed by atoms with Crippen molar-refractivity contribution in [3.8, 4) is 0 Å². The van der Waals surface area contributed by atoms with Gasteiger partial charge in [0.25, 0.3) is 0 Å². The standard InChI is InChI=1S/C81H140O17P2/c1-5-9-13-17-21-25-29-33-36-37-40-43-46-50-54-58-62-66-79(84)92-71-76(97-80(85)67-63-59-55-51-47-41-32-28-24-20-16-12-8-4)73-95-99(87,88)93-69-75(82)70-94-100(89,90)96-74-77(98-81(86)68-64-60-56-52-48-44-39-35-31-27-23-19-15-11-7-3)72-91-78(83)65-61-57-53-49-45-42-38-34-30-26-22-18-14-10-6-2/h9-10,13-14,21-22,25-26,28,32-34,36,38,45,49,57,61,75-77,82H,5-8,11-12,15-20,23-24,27,29-31,35,37,39-44,46-48,50-56,58-60,62-74H2,1-4H3,(H,87,88)(H,89,90)/b13-9-,14-10-,25-21-,26-22-,32-28-,36-33-,38-34-,49-45-,61-57-. The summed E-state index contributed by atoms with van der Waals surface area (Å²) in [5.74, 6) is -2.33. The highest BCUT2D eigenvalue weighted by atomic mass is 31.2. The van der Waals surface area contributed by atoms with Gasteiger partial charge in [0.05, 0.1) is 32.8 Å². The Bertz CT molecular complexity index is 2320. The van der Waals surface area contributed by atoms with Gasteiger partial charge in [0, 0.05) is 19.3 Å². The summed E-state index contributed by atoms with van der Waals surface area (Å²) in [6, 6.07) is 0. The Hall–Kier alpha value is -4.28. The van der Waals surface area contributed by atoms with E-state index < -0.39 is 97.5 Å². The lowest BCUT2D eigenvalue weighted by Gasteiger charge is -2.21. The molecule has 0 aromatic heterocycles. The summed E-state index contributed by atoms with van der Waals surface area (Å²) in [6.07, 6.45) is 78.2. The van der Waals surface area contributed by atoms with Crippen LogP contribution in [0.3, 0.4) is 0 Å². The SMILES string of the molecule is CC/C=C\C/C=C\C/C=C\C/C=C\C/C=C\CC(=O)OCC(COP(=O)(O)OCC(O)COP(=O)(O)OCC(COC(=O)CCCCCCCCC/C=C\C/C=C\C/C=C\CC)OC(=O)CCCCCCC/C=C\CCCCCC)OC(=O)CCCCCCCCCCCCCCCCC. The number of carbonyl (C=O) groups excluding carboxylic acids is 4. The van der Waals surface area contributed by atoms with E-state index in [1.807, 2.05) is 18.2 Å². The second-order valence-corrected chi connectivity index (χ2v) is 28.8. The third kappa shape index (κ3) is 72.1. The van der Waals surface area contributed by atoms with Gasteiger partial charge in [0.1, 0.15) is 19.3 Å². The molecule has 0 heterocycles. The van der Waals surface area contributed by atoms with E-state index in [9.17, 15) is 43.2 Å². The van der Waals surface area contributed by atoms with Crippen LogP contribution >= 0.6 is 15.6 Å². The van der Waals surface area contributed by atoms with E-state index in [0.717, 1.165) is 154 Å². The highest BCUT2D eigenvalue weighted by molar-refractivity contribution is 7.47. The maximum atomic E-state index is 13.1. The van der Waals surface area contributed by atoms with Crippen LogP contribution in [0.2, 0.25) is 0 Å². The normalized spacial score (nSPS) is 14.5. The monoisotopic (exact) mass is 1450 g/mol. The van der Waals surface area contributed by atoms with E-state index in [1.54, 1.807) is 6.08 Å². The van der Waals surface area contributed by atoms with Crippen LogP contribution in [-0.4, -0.2) is 96.7 Å². The quantitative estimate of drug-likeness (QED) is 0.0169. The average molecular weight is 1450 g/mol. The van der Waals surface area contributed by atoms with Gasteiger partial charge in [-0.1, -0.05) is 298 Å². The first-order chi connectivity index (χ1) is 48.7. The maximum Gasteiger partial charge on any atom is 0.472 e. The molecular formula is C81H140O17P2. The van der Waals surface area contributed by atoms with Crippen molar-refractivity contribution in [1.82, 2.24) is 0 Å². The van der Waals surface area contributed by atoms with Crippen molar-refractivity contribution in [3.05, 3.63) is 109 Å². The average Bonchev–Trinajstić information content (AvgIpc) is 0.988. The van der Waals surface area contributed by atoms with Crippen molar-refractivity contribution in [2.24, 2.45) is 0 Å². The molecule has 3 N–H and O–H groups in total. The van der Waals surface area contributed by atoms with Crippen molar-refractivity contribution in [3.63, 3.8) is 0 Å². The number of phosphoric acid groups is 2. The summed E-state index contributed by atoms with van der Waals surface area (Å²) in [5.41, 5.74) is 0. The van der Waals surface area contributed by atoms with Crippen LogP contribution in [0.4, 0.5) is 0 Å². The van der Waals surface area contributed by atoms with Crippen LogP contribution < -0.4 is 0 Å². The van der Waals surface area contributed by atoms with Crippen LogP contribution in [0, 0.1) is 0 Å². The molecule has 5 unspecified atom stereocenters. The van der Waals surface area contributed by atoms with E-state index in [2.05, 4.69) is 113 Å². The third-order valence-corrected chi connectivity index (χ3v) is 18.2. The number of hydrogen-bond acceptors (Lipinski definition) is 15. The summed E-state index contributed by atoms with van der Waals surface area (Å²) in [6.45, 7) is 4.53. The van der Waals surface area contributed by atoms with Crippen LogP contribution in [0.15, 0.2) is 109 Å². The van der Waals surface area contributed by atoms with Gasteiger partial charge < -0.3 is 33.8 Å². The summed E-state index contributed by atoms with van der Waals surface area (Å²) in [4.78, 5) is 72.9. The molecule has 17 nitrogen and oxygen atoms in total. The summed E-state index contributed by atoms with van der Waals surface area (Å²) < 4.78 is 68.4. The van der Waals surface area contributed by atoms with Crippen molar-refractivity contribution in [2.75, 3.05) is 39.6 Å². The largest absolute Gasteiger partial charge is 0.472 e. The number of ether oxygens (including phenoxy) is 4. The van der Waals surface area contributed by atoms with Crippen molar-refractivity contribution in [1.29, 1.82) is 0 Å². The minimum atomic E-state index is -4.99. The number of allylic oxidation sites excluding steroid dienone is 17. The second-order valence-electron chi connectivity index (χ2n) is 25.9. The Balaban J connectivity index is 5.40. The molecule has 5 atom stereocenters. The molecule has 0 fully saturated rings. The fourth-order valence-corrected chi connectivity index (χ4v) is 11.9. The lowest BCUT2D eigenvalue weighted by Crippen LogP contribution is -2.30. The molecule has 0 rings (SSSR count). The maximum absolute atomic E-state index is 13.1. The first kappa shape index (κ1) is 95.7. The fraction of sp³-hybridized carbons (Fsp3) is 0.728. The van der Waals surface area contributed by atoms with Gasteiger partial charge in [0.2, 0.25) is 0 Å². The molecule has 0 aromatic carbocycles. The minimum absolute atomic E-state index is 0.0693. The van der Waals surface area contributed by atoms with Gasteiger partial charge in [-0.15, -0.1) is 0 Å². The molecule has 0 spiro atoms. The molecule has 0 saturated carbocycles. The number of hydrogen-bond donors (Lipinski definition) is 3. The van der Waals surface area contributed by atoms with E-state index in [0.29, 0.717) is 25.7 Å². The van der Waals surface area contributed by atoms with Crippen LogP contribution in [0.25, 0.3) is 0 Å². The molecule has 0 aromatic rings. The molecule has 0 aliphatic heterocycles. The Morgan fingerprint density at radius 2 is 0.560 bits per heavy atom. The van der Waals surface area contributed by atoms with Gasteiger partial charge in [-0.05, 0) is 109 Å². The number of aliphatic hydroxyl groups is 1. The van der Waals surface area contributed by atoms with Crippen molar-refractivity contribution >= 4 is 39.5 Å². The molecular weight excluding hydrogens is 1310 g/mol. The molecule has 0 aliphatic rings. The van der Waals surface area contributed by atoms with Gasteiger partial charge >= 0.3 is 39.5 Å². The summed E-state index contributed by atoms with van der Waals surface area (Å²) >= 11 is 0. The zero-order valence-electron chi connectivity index (χ0n) is 62.8. The van der Waals surface area contributed by atoms with Crippen molar-refractivity contribution < 1.29 is 80.2 Å². The number of aliphatic hydroxyl groups excluding tert-OH is 1. The Labute approximate surface area is 607 Å². The number of carbonyl (C=O) groups is 4. The van der Waals surface area contributed by atoms with Crippen LogP contribution in [0.5, 0.6) is 0 Å². The smallest absolute Gasteiger partial charge is 0.462 e. The van der Waals surface area contributed by atoms with Gasteiger partial charge in [0.15, 0.2) is 12.2 Å². The molecule has 0 aliphatic carbocycles. The second kappa shape index (κ2) is 73.0. The van der Waals surface area contributed by atoms with E-state index in [4.69, 9.17) is 37.0 Å². The molecule has 576 valence electrons. The molecule has 0 radical (unpaired) electrons. The molecule has 0 saturated heterocycles. The lowest BCUT2D eigenvalue weighted by molar-refractivity contribution is -0.161. The van der Waals surface area contributed by atoms with E-state index >= 15 is 0 Å². The number of phosphoric ester groups is 2. The zero-order chi connectivity index (χ0) is 73.2. The summed E-state index contributed by atoms with van der Waals surface area (Å²) in [5, 5.41) is 10.6.